The maximum atomic E-state index is 2.65. The Morgan fingerprint density at radius 3 is 1.31 bits per heavy atom. The van der Waals surface area contributed by atoms with Crippen molar-refractivity contribution in [2.45, 2.75) is 52.1 Å². The van der Waals surface area contributed by atoms with E-state index in [-0.39, 0.29) is 0 Å². The van der Waals surface area contributed by atoms with Crippen LogP contribution in [-0.4, -0.2) is 120 Å². The molecule has 3 heterocycles. The van der Waals surface area contributed by atoms with E-state index in [0.29, 0.717) is 12.1 Å². The Kier molecular flexibility index (Phi) is 10.7. The van der Waals surface area contributed by atoms with E-state index >= 15 is 0 Å². The van der Waals surface area contributed by atoms with E-state index < -0.39 is 0 Å². The second kappa shape index (κ2) is 14.8. The minimum absolute atomic E-state index is 0.487. The summed E-state index contributed by atoms with van der Waals surface area (Å²) in [6, 6.07) is 31.3. The van der Waals surface area contributed by atoms with Crippen molar-refractivity contribution in [3.8, 4) is 0 Å². The van der Waals surface area contributed by atoms with Gasteiger partial charge in [0.25, 0.3) is 0 Å². The van der Waals surface area contributed by atoms with Gasteiger partial charge in [-0.05, 0) is 57.2 Å². The zero-order chi connectivity index (χ0) is 33.8. The van der Waals surface area contributed by atoms with Crippen molar-refractivity contribution in [3.05, 3.63) is 90.0 Å². The number of benzene rings is 3. The predicted octanol–water partition coefficient (Wildman–Crippen LogP) is 7.20. The molecule has 6 heteroatoms. The lowest BCUT2D eigenvalue weighted by Gasteiger charge is -2.40. The van der Waals surface area contributed by atoms with Crippen molar-refractivity contribution in [2.24, 2.45) is 0 Å². The lowest BCUT2D eigenvalue weighted by atomic mass is 10.0. The molecule has 0 spiro atoms. The van der Waals surface area contributed by atoms with Crippen LogP contribution in [0.5, 0.6) is 0 Å². The molecule has 3 aliphatic heterocycles. The van der Waals surface area contributed by atoms with Crippen molar-refractivity contribution in [1.29, 1.82) is 0 Å². The number of anilines is 3. The van der Waals surface area contributed by atoms with Gasteiger partial charge in [-0.15, -0.1) is 0 Å². The van der Waals surface area contributed by atoms with E-state index in [1.165, 1.54) is 104 Å². The fourth-order valence-electron chi connectivity index (χ4n) is 8.77. The third-order valence-corrected chi connectivity index (χ3v) is 13.2. The zero-order valence-electron chi connectivity index (χ0n) is 31.2. The van der Waals surface area contributed by atoms with Gasteiger partial charge in [-0.1, -0.05) is 42.5 Å². The van der Waals surface area contributed by atoms with Crippen LogP contribution in [0.3, 0.4) is 0 Å². The maximum absolute atomic E-state index is 2.65. The van der Waals surface area contributed by atoms with Crippen LogP contribution in [0.15, 0.2) is 78.9 Å². The lowest BCUT2D eigenvalue weighted by Crippen LogP contribution is -2.48. The molecule has 3 fully saturated rings. The fourth-order valence-corrected chi connectivity index (χ4v) is 8.77. The number of nitrogens with zero attached hydrogens (tertiary/aromatic N) is 6. The van der Waals surface area contributed by atoms with Gasteiger partial charge in [0, 0.05) is 67.1 Å². The zero-order valence-corrected chi connectivity index (χ0v) is 31.2. The first-order valence-electron chi connectivity index (χ1n) is 19.1. The van der Waals surface area contributed by atoms with Crippen LogP contribution in [-0.2, 0) is 0 Å². The molecule has 6 nitrogen and oxygen atoms in total. The molecule has 0 N–H and O–H groups in total. The molecule has 0 aromatic heterocycles. The molecule has 0 aliphatic carbocycles. The summed E-state index contributed by atoms with van der Waals surface area (Å²) in [5.41, 5.74) is 7.11. The molecule has 3 aromatic rings. The van der Waals surface area contributed by atoms with E-state index in [0.717, 1.165) is 41.7 Å². The molecule has 0 amide bonds. The van der Waals surface area contributed by atoms with E-state index in [4.69, 9.17) is 0 Å². The molecular weight excluding hydrogens is 589 g/mol. The summed E-state index contributed by atoms with van der Waals surface area (Å²) < 4.78 is 3.42. The predicted molar refractivity (Wildman–Crippen MR) is 205 cm³/mol. The van der Waals surface area contributed by atoms with Crippen LogP contribution in [0.25, 0.3) is 0 Å². The van der Waals surface area contributed by atoms with Crippen LogP contribution < -0.4 is 14.7 Å². The van der Waals surface area contributed by atoms with Crippen molar-refractivity contribution in [3.63, 3.8) is 0 Å². The lowest BCUT2D eigenvalue weighted by molar-refractivity contribution is -0.935. The van der Waals surface area contributed by atoms with Gasteiger partial charge in [0.1, 0.15) is 12.1 Å². The molecule has 0 saturated carbocycles. The highest BCUT2D eigenvalue weighted by Crippen LogP contribution is 2.33. The van der Waals surface area contributed by atoms with Crippen molar-refractivity contribution < 1.29 is 13.4 Å². The van der Waals surface area contributed by atoms with Gasteiger partial charge in [0.15, 0.2) is 0 Å². The van der Waals surface area contributed by atoms with E-state index in [2.05, 4.69) is 135 Å². The summed E-state index contributed by atoms with van der Waals surface area (Å²) in [6.07, 6.45) is 3.74. The van der Waals surface area contributed by atoms with Crippen LogP contribution >= 0.6 is 0 Å². The Morgan fingerprint density at radius 2 is 0.875 bits per heavy atom. The van der Waals surface area contributed by atoms with E-state index in [9.17, 15) is 0 Å². The maximum Gasteiger partial charge on any atom is 0.112 e. The smallest absolute Gasteiger partial charge is 0.112 e. The molecule has 0 bridgehead atoms. The largest absolute Gasteiger partial charge is 0.366 e. The SMILES string of the molecule is CC[N+]1(C)CCCN(c2ccc(C(C)[N+]3(C)CCCN(c4ccc(C(C)[N+]5(C)CCCN(c6ccccc6)CC5)cc4)CC3)cc2)CC1. The normalized spacial score (nSPS) is 28.7. The highest BCUT2D eigenvalue weighted by molar-refractivity contribution is 5.49. The first kappa shape index (κ1) is 34.8. The monoisotopic (exact) mass is 654 g/mol. The Bertz CT molecular complexity index is 1440. The first-order valence-corrected chi connectivity index (χ1v) is 19.1. The first-order chi connectivity index (χ1) is 23.1. The van der Waals surface area contributed by atoms with Crippen LogP contribution in [0.2, 0.25) is 0 Å². The molecule has 3 aliphatic rings. The molecule has 5 unspecified atom stereocenters. The van der Waals surface area contributed by atoms with Gasteiger partial charge in [0.05, 0.1) is 86.6 Å². The fraction of sp³-hybridized carbons (Fsp3) is 0.571. The average Bonchev–Trinajstić information content (AvgIpc) is 3.55. The van der Waals surface area contributed by atoms with Gasteiger partial charge in [0.2, 0.25) is 0 Å². The quantitative estimate of drug-likeness (QED) is 0.238. The number of likely N-dealkylation sites (N-methyl/N-ethyl adjacent to an activating group) is 3. The Hall–Kier alpha value is -3.06. The highest BCUT2D eigenvalue weighted by atomic mass is 15.4. The van der Waals surface area contributed by atoms with Gasteiger partial charge in [-0.3, -0.25) is 0 Å². The van der Waals surface area contributed by atoms with Crippen LogP contribution in [0, 0.1) is 0 Å². The number of hydrogen-bond donors (Lipinski definition) is 0. The number of hydrogen-bond acceptors (Lipinski definition) is 3. The topological polar surface area (TPSA) is 9.72 Å². The number of rotatable bonds is 8. The average molecular weight is 654 g/mol. The summed E-state index contributed by atoms with van der Waals surface area (Å²) in [4.78, 5) is 7.85. The molecule has 6 rings (SSSR count). The molecular formula is C42H65N6+3. The van der Waals surface area contributed by atoms with Gasteiger partial charge in [-0.25, -0.2) is 0 Å². The van der Waals surface area contributed by atoms with Gasteiger partial charge >= 0.3 is 0 Å². The molecule has 0 radical (unpaired) electrons. The third-order valence-electron chi connectivity index (χ3n) is 13.2. The summed E-state index contributed by atoms with van der Waals surface area (Å²) in [5, 5.41) is 0. The van der Waals surface area contributed by atoms with Crippen LogP contribution in [0.1, 0.15) is 63.2 Å². The van der Waals surface area contributed by atoms with E-state index in [1.807, 2.05) is 0 Å². The number of para-hydroxylation sites is 1. The Balaban J connectivity index is 1.05. The molecule has 3 saturated heterocycles. The second-order valence-electron chi connectivity index (χ2n) is 16.1. The van der Waals surface area contributed by atoms with Crippen molar-refractivity contribution >= 4 is 17.1 Å². The molecule has 3 aromatic carbocycles. The van der Waals surface area contributed by atoms with Crippen molar-refractivity contribution in [1.82, 2.24) is 0 Å². The third kappa shape index (κ3) is 7.72. The van der Waals surface area contributed by atoms with Crippen LogP contribution in [0.4, 0.5) is 17.1 Å². The van der Waals surface area contributed by atoms with E-state index in [1.54, 1.807) is 0 Å². The summed E-state index contributed by atoms with van der Waals surface area (Å²) in [6.45, 7) is 22.7. The summed E-state index contributed by atoms with van der Waals surface area (Å²) in [7, 11) is 7.40. The summed E-state index contributed by atoms with van der Waals surface area (Å²) >= 11 is 0. The second-order valence-corrected chi connectivity index (χ2v) is 16.1. The Morgan fingerprint density at radius 1 is 0.479 bits per heavy atom. The molecule has 48 heavy (non-hydrogen) atoms. The Labute approximate surface area is 292 Å². The number of quaternary nitrogens is 3. The molecule has 260 valence electrons. The van der Waals surface area contributed by atoms with Gasteiger partial charge in [-0.2, -0.15) is 0 Å². The van der Waals surface area contributed by atoms with Gasteiger partial charge < -0.3 is 28.1 Å². The minimum Gasteiger partial charge on any atom is -0.366 e. The molecule has 5 atom stereocenters. The van der Waals surface area contributed by atoms with Crippen molar-refractivity contribution in [2.75, 3.05) is 121 Å². The standard InChI is InChI=1S/C42H65N6/c1-7-46(4)30-11-24-43(27-33-46)41-20-16-38(17-21-41)37(3)48(6)32-13-26-45(29-35-48)42-22-18-39(19-23-42)36(2)47(5)31-12-25-44(28-34-47)40-14-9-8-10-15-40/h8-10,14-23,36-37H,7,11-13,24-35H2,1-6H3/q+3. The highest BCUT2D eigenvalue weighted by Gasteiger charge is 2.35. The minimum atomic E-state index is 0.487. The summed E-state index contributed by atoms with van der Waals surface area (Å²) in [5.74, 6) is 0.